The average molecular weight is 535 g/mol. The maximum absolute atomic E-state index is 12.9. The van der Waals surface area contributed by atoms with Crippen molar-refractivity contribution >= 4 is 23.7 Å². The molecule has 1 aromatic rings. The van der Waals surface area contributed by atoms with Gasteiger partial charge in [0.2, 0.25) is 17.7 Å². The smallest absolute Gasteiger partial charge is 0.308 e. The number of rotatable bonds is 19. The minimum atomic E-state index is -1.19. The largest absolute Gasteiger partial charge is 0.461 e. The van der Waals surface area contributed by atoms with E-state index in [2.05, 4.69) is 26.0 Å². The summed E-state index contributed by atoms with van der Waals surface area (Å²) in [6, 6.07) is 7.00. The van der Waals surface area contributed by atoms with E-state index in [1.807, 2.05) is 32.0 Å². The molecular weight excluding hydrogens is 496 g/mol. The van der Waals surface area contributed by atoms with Gasteiger partial charge in [-0.05, 0) is 23.4 Å². The highest BCUT2D eigenvalue weighted by atomic mass is 16.5. The van der Waals surface area contributed by atoms with Gasteiger partial charge in [-0.2, -0.15) is 0 Å². The van der Waals surface area contributed by atoms with Gasteiger partial charge in [-0.1, -0.05) is 49.3 Å². The van der Waals surface area contributed by atoms with E-state index >= 15 is 0 Å². The molecule has 0 bridgehead atoms. The number of ether oxygens (including phenoxy) is 3. The van der Waals surface area contributed by atoms with E-state index in [0.717, 1.165) is 5.56 Å². The number of hydrogen-bond donors (Lipinski definition) is 3. The lowest BCUT2D eigenvalue weighted by Gasteiger charge is -2.23. The third-order valence-electron chi connectivity index (χ3n) is 4.96. The molecule has 0 spiro atoms. The van der Waals surface area contributed by atoms with Crippen LogP contribution in [0.1, 0.15) is 39.2 Å². The molecule has 0 aliphatic rings. The number of nitrogens with one attached hydrogen (secondary N) is 3. The van der Waals surface area contributed by atoms with Gasteiger partial charge >= 0.3 is 5.97 Å². The summed E-state index contributed by atoms with van der Waals surface area (Å²) >= 11 is 0. The normalized spacial score (nSPS) is 12.1. The van der Waals surface area contributed by atoms with Crippen LogP contribution in [0.5, 0.6) is 0 Å². The summed E-state index contributed by atoms with van der Waals surface area (Å²) in [6.07, 6.45) is -0.0320. The lowest BCUT2D eigenvalue weighted by molar-refractivity contribution is -0.147. The van der Waals surface area contributed by atoms with Crippen molar-refractivity contribution in [3.8, 4) is 0 Å². The third kappa shape index (κ3) is 15.4. The molecular formula is C25H38N6O7. The molecule has 0 saturated heterocycles. The Morgan fingerprint density at radius 2 is 1.63 bits per heavy atom. The molecule has 3 N–H and O–H groups in total. The molecule has 210 valence electrons. The first-order chi connectivity index (χ1) is 18.2. The Kier molecular flexibility index (Phi) is 16.6. The molecule has 0 radical (unpaired) electrons. The monoisotopic (exact) mass is 534 g/mol. The van der Waals surface area contributed by atoms with Gasteiger partial charge in [-0.25, -0.2) is 0 Å². The van der Waals surface area contributed by atoms with E-state index < -0.39 is 35.8 Å². The SMILES string of the molecule is CC(=O)N[C@@H](CC(=O)OCc1ccccc1)C(=O)N[C@H](CC(C)C)C(=O)NCCOCCOCCN=[N+]=[N-]. The minimum Gasteiger partial charge on any atom is -0.461 e. The Hall–Kier alpha value is -3.67. The van der Waals surface area contributed by atoms with E-state index in [9.17, 15) is 19.2 Å². The van der Waals surface area contributed by atoms with Gasteiger partial charge in [0.1, 0.15) is 18.7 Å². The molecule has 0 fully saturated rings. The molecule has 38 heavy (non-hydrogen) atoms. The van der Waals surface area contributed by atoms with Crippen LogP contribution in [-0.2, 0) is 40.0 Å². The van der Waals surface area contributed by atoms with Gasteiger partial charge in [0.25, 0.3) is 0 Å². The van der Waals surface area contributed by atoms with Crippen molar-refractivity contribution in [2.45, 2.75) is 52.3 Å². The predicted molar refractivity (Wildman–Crippen MR) is 139 cm³/mol. The van der Waals surface area contributed by atoms with Crippen LogP contribution >= 0.6 is 0 Å². The van der Waals surface area contributed by atoms with Gasteiger partial charge in [0.05, 0.1) is 32.8 Å². The van der Waals surface area contributed by atoms with E-state index in [0.29, 0.717) is 26.2 Å². The maximum atomic E-state index is 12.9. The van der Waals surface area contributed by atoms with Crippen molar-refractivity contribution in [1.29, 1.82) is 0 Å². The second-order valence-electron chi connectivity index (χ2n) is 8.76. The third-order valence-corrected chi connectivity index (χ3v) is 4.96. The molecule has 1 rings (SSSR count). The number of carbonyl (C=O) groups excluding carboxylic acids is 4. The van der Waals surface area contributed by atoms with E-state index in [1.54, 1.807) is 12.1 Å². The van der Waals surface area contributed by atoms with E-state index in [1.165, 1.54) is 6.92 Å². The molecule has 0 aliphatic heterocycles. The fourth-order valence-electron chi connectivity index (χ4n) is 3.24. The van der Waals surface area contributed by atoms with Gasteiger partial charge in [-0.3, -0.25) is 19.2 Å². The average Bonchev–Trinajstić information content (AvgIpc) is 2.87. The lowest BCUT2D eigenvalue weighted by atomic mass is 10.0. The fourth-order valence-corrected chi connectivity index (χ4v) is 3.24. The molecule has 0 heterocycles. The van der Waals surface area contributed by atoms with Crippen molar-refractivity contribution in [2.24, 2.45) is 11.0 Å². The number of azide groups is 1. The molecule has 13 heteroatoms. The molecule has 0 aliphatic carbocycles. The molecule has 3 amide bonds. The first-order valence-electron chi connectivity index (χ1n) is 12.4. The van der Waals surface area contributed by atoms with Gasteiger partial charge < -0.3 is 30.2 Å². The van der Waals surface area contributed by atoms with Crippen LogP contribution in [0.3, 0.4) is 0 Å². The Labute approximate surface area is 222 Å². The lowest BCUT2D eigenvalue weighted by Crippen LogP contribution is -2.54. The standard InChI is InChI=1S/C25H38N6O7/c1-18(2)15-21(24(34)27-9-11-36-13-14-37-12-10-28-31-26)30-25(35)22(29-19(3)32)16-23(33)38-17-20-7-5-4-6-8-20/h4-8,18,21-22H,9-17H2,1-3H3,(H,27,34)(H,29,32)(H,30,35)/t21-,22+/m1/s1. The number of amides is 3. The molecule has 13 nitrogen and oxygen atoms in total. The Bertz CT molecular complexity index is 922. The van der Waals surface area contributed by atoms with E-state index in [-0.39, 0.29) is 38.6 Å². The summed E-state index contributed by atoms with van der Waals surface area (Å²) in [5.41, 5.74) is 8.97. The number of carbonyl (C=O) groups is 4. The topological polar surface area (TPSA) is 181 Å². The van der Waals surface area contributed by atoms with Crippen LogP contribution in [0, 0.1) is 5.92 Å². The predicted octanol–water partition coefficient (Wildman–Crippen LogP) is 1.62. The van der Waals surface area contributed by atoms with Gasteiger partial charge in [-0.15, -0.1) is 0 Å². The second kappa shape index (κ2) is 19.4. The number of nitrogens with zero attached hydrogens (tertiary/aromatic N) is 3. The van der Waals surface area contributed by atoms with Crippen molar-refractivity contribution in [1.82, 2.24) is 16.0 Å². The summed E-state index contributed by atoms with van der Waals surface area (Å²) in [4.78, 5) is 52.3. The zero-order chi connectivity index (χ0) is 28.2. The first kappa shape index (κ1) is 32.4. The highest BCUT2D eigenvalue weighted by Gasteiger charge is 2.28. The fraction of sp³-hybridized carbons (Fsp3) is 0.600. The molecule has 1 aromatic carbocycles. The first-order valence-corrected chi connectivity index (χ1v) is 12.4. The Morgan fingerprint density at radius 1 is 0.947 bits per heavy atom. The van der Waals surface area contributed by atoms with Crippen LogP contribution in [0.2, 0.25) is 0 Å². The highest BCUT2D eigenvalue weighted by molar-refractivity contribution is 5.93. The quantitative estimate of drug-likeness (QED) is 0.0792. The minimum absolute atomic E-state index is 0.0381. The molecule has 0 unspecified atom stereocenters. The van der Waals surface area contributed by atoms with Crippen molar-refractivity contribution in [3.05, 3.63) is 46.3 Å². The van der Waals surface area contributed by atoms with Crippen molar-refractivity contribution in [2.75, 3.05) is 39.5 Å². The Balaban J connectivity index is 2.56. The summed E-state index contributed by atoms with van der Waals surface area (Å²) in [5, 5.41) is 11.2. The van der Waals surface area contributed by atoms with Crippen LogP contribution < -0.4 is 16.0 Å². The second-order valence-corrected chi connectivity index (χ2v) is 8.76. The van der Waals surface area contributed by atoms with Crippen molar-refractivity contribution in [3.63, 3.8) is 0 Å². The summed E-state index contributed by atoms with van der Waals surface area (Å²) in [6.45, 7) is 6.69. The van der Waals surface area contributed by atoms with Crippen LogP contribution in [0.4, 0.5) is 0 Å². The number of esters is 1. The summed E-state index contributed by atoms with van der Waals surface area (Å²) in [5.74, 6) is -2.14. The highest BCUT2D eigenvalue weighted by Crippen LogP contribution is 2.08. The van der Waals surface area contributed by atoms with Crippen LogP contribution in [0.15, 0.2) is 35.4 Å². The van der Waals surface area contributed by atoms with Gasteiger partial charge in [0, 0.05) is 24.9 Å². The van der Waals surface area contributed by atoms with Crippen LogP contribution in [-0.4, -0.2) is 75.3 Å². The summed E-state index contributed by atoms with van der Waals surface area (Å²) < 4.78 is 15.8. The Morgan fingerprint density at radius 3 is 2.26 bits per heavy atom. The zero-order valence-corrected chi connectivity index (χ0v) is 22.2. The number of benzene rings is 1. The summed E-state index contributed by atoms with van der Waals surface area (Å²) in [7, 11) is 0. The zero-order valence-electron chi connectivity index (χ0n) is 22.2. The van der Waals surface area contributed by atoms with E-state index in [4.69, 9.17) is 19.7 Å². The van der Waals surface area contributed by atoms with Crippen LogP contribution in [0.25, 0.3) is 10.4 Å². The maximum Gasteiger partial charge on any atom is 0.308 e. The molecule has 0 aromatic heterocycles. The number of hydrogen-bond acceptors (Lipinski definition) is 8. The molecule has 0 saturated carbocycles. The van der Waals surface area contributed by atoms with Crippen molar-refractivity contribution < 1.29 is 33.4 Å². The van der Waals surface area contributed by atoms with Gasteiger partial charge in [0.15, 0.2) is 0 Å². The molecule has 2 atom stereocenters.